The van der Waals surface area contributed by atoms with Crippen molar-refractivity contribution in [3.63, 3.8) is 0 Å². The Morgan fingerprint density at radius 2 is 1.27 bits per heavy atom. The van der Waals surface area contributed by atoms with Gasteiger partial charge >= 0.3 is 0 Å². The molecule has 0 aliphatic heterocycles. The van der Waals surface area contributed by atoms with Crippen molar-refractivity contribution in [2.45, 2.75) is 18.7 Å². The van der Waals surface area contributed by atoms with Crippen LogP contribution in [0, 0.1) is 13.8 Å². The first kappa shape index (κ1) is 18.2. The number of anilines is 3. The Bertz CT molecular complexity index is 566. The molecule has 2 N–H and O–H groups in total. The molecule has 0 spiro atoms. The summed E-state index contributed by atoms with van der Waals surface area (Å²) in [5.74, 6) is 0. The Hall–Kier alpha value is -1.81. The smallest absolute Gasteiger partial charge is 0.0451 e. The molecular formula is C18H27N3S. The van der Waals surface area contributed by atoms with Gasteiger partial charge in [0.25, 0.3) is 0 Å². The number of aryl methyl sites for hydroxylation is 2. The van der Waals surface area contributed by atoms with Gasteiger partial charge in [-0.05, 0) is 55.3 Å². The van der Waals surface area contributed by atoms with Crippen molar-refractivity contribution in [3.05, 3.63) is 47.5 Å². The van der Waals surface area contributed by atoms with E-state index in [0.717, 1.165) is 16.3 Å². The molecule has 2 aromatic rings. The van der Waals surface area contributed by atoms with Crippen LogP contribution < -0.4 is 15.5 Å². The molecule has 0 radical (unpaired) electrons. The summed E-state index contributed by atoms with van der Waals surface area (Å²) in [6.45, 7) is 4.27. The number of rotatable bonds is 2. The molecule has 4 heteroatoms. The van der Waals surface area contributed by atoms with E-state index in [-0.39, 0.29) is 0 Å². The molecule has 0 unspecified atom stereocenters. The van der Waals surface area contributed by atoms with Crippen molar-refractivity contribution >= 4 is 29.7 Å². The summed E-state index contributed by atoms with van der Waals surface area (Å²) < 4.78 is 0. The van der Waals surface area contributed by atoms with Gasteiger partial charge in [0.05, 0.1) is 0 Å². The lowest BCUT2D eigenvalue weighted by Crippen LogP contribution is -2.08. The molecule has 0 aromatic heterocycles. The SMILES string of the molecule is CN(C)c1ccc(N)c(S)c1.Cc1ccc(N(C)C)cc1C. The highest BCUT2D eigenvalue weighted by atomic mass is 32.1. The van der Waals surface area contributed by atoms with Gasteiger partial charge in [0, 0.05) is 50.1 Å². The zero-order valence-electron chi connectivity index (χ0n) is 14.4. The standard InChI is InChI=1S/C10H15N.C8H12N2S/c1-8-5-6-10(11(3)4)7-9(8)2;1-10(2)6-3-4-7(9)8(11)5-6/h5-7H,1-4H3;3-5,11H,9H2,1-2H3. The van der Waals surface area contributed by atoms with Crippen molar-refractivity contribution in [3.8, 4) is 0 Å². The topological polar surface area (TPSA) is 32.5 Å². The highest BCUT2D eigenvalue weighted by molar-refractivity contribution is 7.80. The van der Waals surface area contributed by atoms with E-state index >= 15 is 0 Å². The number of nitrogens with two attached hydrogens (primary N) is 1. The fourth-order valence-electron chi connectivity index (χ4n) is 1.81. The van der Waals surface area contributed by atoms with Gasteiger partial charge in [-0.2, -0.15) is 0 Å². The number of nitrogens with zero attached hydrogens (tertiary/aromatic N) is 2. The van der Waals surface area contributed by atoms with Crippen LogP contribution in [0.5, 0.6) is 0 Å². The third-order valence-electron chi connectivity index (χ3n) is 3.54. The fourth-order valence-corrected chi connectivity index (χ4v) is 2.02. The van der Waals surface area contributed by atoms with Gasteiger partial charge < -0.3 is 15.5 Å². The molecule has 0 fully saturated rings. The van der Waals surface area contributed by atoms with Crippen molar-refractivity contribution in [2.75, 3.05) is 43.7 Å². The first-order valence-corrected chi connectivity index (χ1v) is 7.67. The van der Waals surface area contributed by atoms with Gasteiger partial charge in [-0.1, -0.05) is 6.07 Å². The average Bonchev–Trinajstić information content (AvgIpc) is 2.45. The van der Waals surface area contributed by atoms with Crippen LogP contribution in [0.25, 0.3) is 0 Å². The second kappa shape index (κ2) is 7.99. The summed E-state index contributed by atoms with van der Waals surface area (Å²) in [6, 6.07) is 12.3. The molecule has 2 aromatic carbocycles. The summed E-state index contributed by atoms with van der Waals surface area (Å²) in [7, 11) is 8.09. The molecule has 0 heterocycles. The summed E-state index contributed by atoms with van der Waals surface area (Å²) in [4.78, 5) is 4.96. The van der Waals surface area contributed by atoms with Crippen LogP contribution >= 0.6 is 12.6 Å². The number of thiol groups is 1. The number of hydrogen-bond acceptors (Lipinski definition) is 4. The average molecular weight is 318 g/mol. The Kier molecular flexibility index (Phi) is 6.62. The third-order valence-corrected chi connectivity index (χ3v) is 3.92. The quantitative estimate of drug-likeness (QED) is 0.649. The molecule has 0 saturated carbocycles. The highest BCUT2D eigenvalue weighted by Crippen LogP contribution is 2.22. The van der Waals surface area contributed by atoms with Gasteiger partial charge in [0.2, 0.25) is 0 Å². The van der Waals surface area contributed by atoms with E-state index in [1.165, 1.54) is 16.8 Å². The maximum absolute atomic E-state index is 5.59. The Balaban J connectivity index is 0.000000220. The lowest BCUT2D eigenvalue weighted by atomic mass is 10.1. The molecule has 0 aliphatic carbocycles. The molecule has 120 valence electrons. The maximum Gasteiger partial charge on any atom is 0.0451 e. The van der Waals surface area contributed by atoms with E-state index in [4.69, 9.17) is 5.73 Å². The van der Waals surface area contributed by atoms with Crippen molar-refractivity contribution < 1.29 is 0 Å². The first-order chi connectivity index (χ1) is 10.2. The molecule has 0 bridgehead atoms. The second-order valence-corrected chi connectivity index (χ2v) is 6.28. The number of hydrogen-bond donors (Lipinski definition) is 2. The minimum atomic E-state index is 0.721. The van der Waals surface area contributed by atoms with Gasteiger partial charge in [-0.3, -0.25) is 0 Å². The maximum atomic E-state index is 5.59. The second-order valence-electron chi connectivity index (χ2n) is 5.80. The highest BCUT2D eigenvalue weighted by Gasteiger charge is 1.98. The van der Waals surface area contributed by atoms with Crippen LogP contribution in [-0.2, 0) is 0 Å². The summed E-state index contributed by atoms with van der Waals surface area (Å²) >= 11 is 4.21. The minimum Gasteiger partial charge on any atom is -0.398 e. The predicted molar refractivity (Wildman–Crippen MR) is 103 cm³/mol. The van der Waals surface area contributed by atoms with E-state index in [9.17, 15) is 0 Å². The molecule has 3 nitrogen and oxygen atoms in total. The van der Waals surface area contributed by atoms with Crippen LogP contribution in [0.15, 0.2) is 41.3 Å². The normalized spacial score (nSPS) is 9.77. The van der Waals surface area contributed by atoms with Gasteiger partial charge in [0.1, 0.15) is 0 Å². The molecule has 0 atom stereocenters. The summed E-state index contributed by atoms with van der Waals surface area (Å²) in [5.41, 5.74) is 11.4. The largest absolute Gasteiger partial charge is 0.398 e. The van der Waals surface area contributed by atoms with Gasteiger partial charge in [-0.15, -0.1) is 12.6 Å². The van der Waals surface area contributed by atoms with Crippen LogP contribution in [0.1, 0.15) is 11.1 Å². The Labute approximate surface area is 140 Å². The minimum absolute atomic E-state index is 0.721. The molecule has 0 amide bonds. The van der Waals surface area contributed by atoms with Crippen molar-refractivity contribution in [1.82, 2.24) is 0 Å². The molecule has 0 aliphatic rings. The van der Waals surface area contributed by atoms with Crippen LogP contribution in [0.4, 0.5) is 17.1 Å². The van der Waals surface area contributed by atoms with Crippen LogP contribution in [-0.4, -0.2) is 28.2 Å². The zero-order valence-corrected chi connectivity index (χ0v) is 15.3. The lowest BCUT2D eigenvalue weighted by Gasteiger charge is -2.13. The Morgan fingerprint density at radius 1 is 0.773 bits per heavy atom. The summed E-state index contributed by atoms with van der Waals surface area (Å²) in [5, 5.41) is 0. The third kappa shape index (κ3) is 5.19. The molecular weight excluding hydrogens is 290 g/mol. The van der Waals surface area contributed by atoms with Crippen molar-refractivity contribution in [1.29, 1.82) is 0 Å². The number of benzene rings is 2. The fraction of sp³-hybridized carbons (Fsp3) is 0.333. The monoisotopic (exact) mass is 317 g/mol. The predicted octanol–water partition coefficient (Wildman–Crippen LogP) is 3.99. The Morgan fingerprint density at radius 3 is 1.73 bits per heavy atom. The lowest BCUT2D eigenvalue weighted by molar-refractivity contribution is 1.12. The van der Waals surface area contributed by atoms with Crippen LogP contribution in [0.3, 0.4) is 0 Å². The van der Waals surface area contributed by atoms with E-state index in [0.29, 0.717) is 0 Å². The van der Waals surface area contributed by atoms with E-state index in [2.05, 4.69) is 63.7 Å². The van der Waals surface area contributed by atoms with E-state index in [1.54, 1.807) is 0 Å². The zero-order chi connectivity index (χ0) is 16.9. The molecule has 22 heavy (non-hydrogen) atoms. The molecule has 0 saturated heterocycles. The van der Waals surface area contributed by atoms with E-state index in [1.807, 2.05) is 37.2 Å². The van der Waals surface area contributed by atoms with Crippen molar-refractivity contribution in [2.24, 2.45) is 0 Å². The number of nitrogen functional groups attached to an aromatic ring is 1. The van der Waals surface area contributed by atoms with Gasteiger partial charge in [0.15, 0.2) is 0 Å². The van der Waals surface area contributed by atoms with E-state index < -0.39 is 0 Å². The molecule has 2 rings (SSSR count). The van der Waals surface area contributed by atoms with Crippen LogP contribution in [0.2, 0.25) is 0 Å². The van der Waals surface area contributed by atoms with Gasteiger partial charge in [-0.25, -0.2) is 0 Å². The summed E-state index contributed by atoms with van der Waals surface area (Å²) in [6.07, 6.45) is 0. The first-order valence-electron chi connectivity index (χ1n) is 7.22.